The first kappa shape index (κ1) is 22.4. The summed E-state index contributed by atoms with van der Waals surface area (Å²) < 4.78 is 6.60. The molecule has 0 bridgehead atoms. The summed E-state index contributed by atoms with van der Waals surface area (Å²) in [5.41, 5.74) is 6.45. The minimum atomic E-state index is -0.303. The van der Waals surface area contributed by atoms with E-state index in [2.05, 4.69) is 46.3 Å². The minimum absolute atomic E-state index is 0.139. The lowest BCUT2D eigenvalue weighted by atomic mass is 9.61. The predicted octanol–water partition coefficient (Wildman–Crippen LogP) is 2.91. The van der Waals surface area contributed by atoms with Crippen LogP contribution in [0.2, 0.25) is 0 Å². The van der Waals surface area contributed by atoms with E-state index in [0.29, 0.717) is 11.8 Å². The Morgan fingerprint density at radius 2 is 2.08 bits per heavy atom. The summed E-state index contributed by atoms with van der Waals surface area (Å²) in [5.74, 6) is 8.43. The third-order valence-electron chi connectivity index (χ3n) is 6.27. The van der Waals surface area contributed by atoms with E-state index in [4.69, 9.17) is 10.5 Å². The molecule has 0 aromatic carbocycles. The second kappa shape index (κ2) is 10.1. The molecule has 0 aromatic rings. The van der Waals surface area contributed by atoms with Crippen molar-refractivity contribution >= 4 is 22.6 Å². The van der Waals surface area contributed by atoms with Crippen LogP contribution in [0.15, 0.2) is 0 Å². The molecule has 2 saturated carbocycles. The molecule has 0 spiro atoms. The molecule has 2 aliphatic carbocycles. The van der Waals surface area contributed by atoms with Gasteiger partial charge in [-0.1, -0.05) is 47.3 Å². The number of aliphatic hydroxyl groups excluding tert-OH is 1. The zero-order valence-electron chi connectivity index (χ0n) is 16.9. The molecule has 26 heavy (non-hydrogen) atoms. The highest BCUT2D eigenvalue weighted by Gasteiger charge is 2.44. The van der Waals surface area contributed by atoms with Gasteiger partial charge in [0, 0.05) is 28.9 Å². The first-order valence-corrected chi connectivity index (χ1v) is 11.5. The van der Waals surface area contributed by atoms with E-state index in [1.54, 1.807) is 7.11 Å². The van der Waals surface area contributed by atoms with Crippen molar-refractivity contribution in [3.05, 3.63) is 0 Å². The van der Waals surface area contributed by atoms with Gasteiger partial charge in [0.2, 0.25) is 0 Å². The van der Waals surface area contributed by atoms with Crippen molar-refractivity contribution in [1.82, 2.24) is 4.90 Å². The number of methoxy groups -OCH3 is 1. The zero-order chi connectivity index (χ0) is 19.3. The molecule has 5 heteroatoms. The van der Waals surface area contributed by atoms with E-state index >= 15 is 0 Å². The van der Waals surface area contributed by atoms with Crippen molar-refractivity contribution in [1.29, 1.82) is 0 Å². The second-order valence-electron chi connectivity index (χ2n) is 8.98. The van der Waals surface area contributed by atoms with E-state index < -0.39 is 0 Å². The van der Waals surface area contributed by atoms with Crippen LogP contribution in [-0.4, -0.2) is 59.9 Å². The lowest BCUT2D eigenvalue weighted by Crippen LogP contribution is -2.50. The first-order valence-electron chi connectivity index (χ1n) is 9.96. The number of nitrogens with two attached hydrogens (primary N) is 1. The third-order valence-corrected chi connectivity index (χ3v) is 7.14. The molecule has 5 unspecified atom stereocenters. The normalized spacial score (nSPS) is 39.3. The Labute approximate surface area is 173 Å². The molecule has 2 aliphatic rings. The summed E-state index contributed by atoms with van der Waals surface area (Å²) in [4.78, 5) is 2.10. The molecular weight excluding hydrogens is 439 g/mol. The van der Waals surface area contributed by atoms with E-state index in [1.807, 2.05) is 14.1 Å². The number of fused-ring (bicyclic) bond motifs is 1. The van der Waals surface area contributed by atoms with Gasteiger partial charge < -0.3 is 15.6 Å². The molecule has 2 fully saturated rings. The number of rotatable bonds is 4. The standard InChI is InChI=1S/C21H37IN2O2/c1-21(23)12-15-7-5-9-17(20(14-22)26-4)19(25)11-18(15)16(13-21)8-6-10-24(2)3/h15-20,25H,5,7,9-14,23H2,1-4H3/t15?,16-,17?,18?,19?,20?,21-/m0/s1. The number of hydrogen-bond acceptors (Lipinski definition) is 4. The Kier molecular flexibility index (Phi) is 8.68. The van der Waals surface area contributed by atoms with Gasteiger partial charge in [0.25, 0.3) is 0 Å². The van der Waals surface area contributed by atoms with Crippen LogP contribution in [0.1, 0.15) is 45.4 Å². The SMILES string of the molecule is COC(CI)C1CCCC2C[C@](C)(N)C[C@H](C#CCN(C)C)C2CC1O. The van der Waals surface area contributed by atoms with Crippen LogP contribution in [0.5, 0.6) is 0 Å². The summed E-state index contributed by atoms with van der Waals surface area (Å²) in [5, 5.41) is 11.0. The van der Waals surface area contributed by atoms with Crippen molar-refractivity contribution in [3.8, 4) is 11.8 Å². The summed E-state index contributed by atoms with van der Waals surface area (Å²) in [6.07, 6.45) is 6.06. The topological polar surface area (TPSA) is 58.7 Å². The highest BCUT2D eigenvalue weighted by Crippen LogP contribution is 2.46. The Bertz CT molecular complexity index is 496. The summed E-state index contributed by atoms with van der Waals surface area (Å²) in [7, 11) is 5.86. The van der Waals surface area contributed by atoms with Crippen molar-refractivity contribution in [3.63, 3.8) is 0 Å². The fourth-order valence-electron chi connectivity index (χ4n) is 5.03. The van der Waals surface area contributed by atoms with E-state index in [1.165, 1.54) is 6.42 Å². The van der Waals surface area contributed by atoms with Gasteiger partial charge in [0.05, 0.1) is 18.8 Å². The van der Waals surface area contributed by atoms with Gasteiger partial charge in [-0.05, 0) is 58.5 Å². The number of ether oxygens (including phenoxy) is 1. The van der Waals surface area contributed by atoms with Crippen molar-refractivity contribution < 1.29 is 9.84 Å². The van der Waals surface area contributed by atoms with Gasteiger partial charge in [-0.3, -0.25) is 4.90 Å². The monoisotopic (exact) mass is 476 g/mol. The van der Waals surface area contributed by atoms with Crippen molar-refractivity contribution in [2.75, 3.05) is 32.2 Å². The molecule has 0 aliphatic heterocycles. The maximum absolute atomic E-state index is 11.0. The van der Waals surface area contributed by atoms with E-state index in [-0.39, 0.29) is 29.6 Å². The van der Waals surface area contributed by atoms with Crippen LogP contribution in [-0.2, 0) is 4.74 Å². The fourth-order valence-corrected chi connectivity index (χ4v) is 6.04. The molecule has 3 N–H and O–H groups in total. The van der Waals surface area contributed by atoms with Crippen LogP contribution in [0.4, 0.5) is 0 Å². The predicted molar refractivity (Wildman–Crippen MR) is 116 cm³/mol. The number of alkyl halides is 1. The number of hydrogen-bond donors (Lipinski definition) is 2. The van der Waals surface area contributed by atoms with Gasteiger partial charge in [-0.15, -0.1) is 0 Å². The van der Waals surface area contributed by atoms with Crippen LogP contribution in [0.25, 0.3) is 0 Å². The second-order valence-corrected chi connectivity index (χ2v) is 9.86. The van der Waals surface area contributed by atoms with E-state index in [0.717, 1.165) is 43.1 Å². The summed E-state index contributed by atoms with van der Waals surface area (Å²) in [6.45, 7) is 2.96. The molecule has 0 amide bonds. The fraction of sp³-hybridized carbons (Fsp3) is 0.905. The lowest BCUT2D eigenvalue weighted by Gasteiger charge is -2.47. The highest BCUT2D eigenvalue weighted by atomic mass is 127. The first-order chi connectivity index (χ1) is 12.3. The largest absolute Gasteiger partial charge is 0.393 e. The van der Waals surface area contributed by atoms with Crippen LogP contribution < -0.4 is 5.73 Å². The Morgan fingerprint density at radius 3 is 2.69 bits per heavy atom. The van der Waals surface area contributed by atoms with Gasteiger partial charge in [0.15, 0.2) is 0 Å². The molecule has 0 radical (unpaired) electrons. The molecule has 0 aromatic heterocycles. The van der Waals surface area contributed by atoms with Crippen LogP contribution >= 0.6 is 22.6 Å². The Balaban J connectivity index is 2.19. The van der Waals surface area contributed by atoms with Crippen LogP contribution in [0.3, 0.4) is 0 Å². The highest BCUT2D eigenvalue weighted by molar-refractivity contribution is 14.1. The molecule has 150 valence electrons. The number of aliphatic hydroxyl groups is 1. The molecule has 7 atom stereocenters. The van der Waals surface area contributed by atoms with Gasteiger partial charge in [0.1, 0.15) is 0 Å². The number of halogens is 1. The van der Waals surface area contributed by atoms with Crippen molar-refractivity contribution in [2.45, 2.75) is 63.2 Å². The summed E-state index contributed by atoms with van der Waals surface area (Å²) >= 11 is 2.37. The van der Waals surface area contributed by atoms with Gasteiger partial charge >= 0.3 is 0 Å². The maximum Gasteiger partial charge on any atom is 0.0713 e. The summed E-state index contributed by atoms with van der Waals surface area (Å²) in [6, 6.07) is 0. The van der Waals surface area contributed by atoms with E-state index in [9.17, 15) is 5.11 Å². The van der Waals surface area contributed by atoms with Gasteiger partial charge in [-0.2, -0.15) is 0 Å². The Morgan fingerprint density at radius 1 is 1.35 bits per heavy atom. The lowest BCUT2D eigenvalue weighted by molar-refractivity contribution is -0.0402. The van der Waals surface area contributed by atoms with Gasteiger partial charge in [-0.25, -0.2) is 0 Å². The Hall–Kier alpha value is 0.130. The van der Waals surface area contributed by atoms with Crippen molar-refractivity contribution in [2.24, 2.45) is 29.4 Å². The zero-order valence-corrected chi connectivity index (χ0v) is 19.0. The minimum Gasteiger partial charge on any atom is -0.393 e. The molecular formula is C21H37IN2O2. The smallest absolute Gasteiger partial charge is 0.0713 e. The van der Waals surface area contributed by atoms with Crippen LogP contribution in [0, 0.1) is 35.5 Å². The average molecular weight is 476 g/mol. The molecule has 2 rings (SSSR count). The third kappa shape index (κ3) is 6.07. The average Bonchev–Trinajstić information content (AvgIpc) is 2.54. The number of nitrogens with zero attached hydrogens (tertiary/aromatic N) is 1. The molecule has 4 nitrogen and oxygen atoms in total. The molecule has 0 saturated heterocycles. The quantitative estimate of drug-likeness (QED) is 0.372. The maximum atomic E-state index is 11.0. The molecule has 0 heterocycles.